The van der Waals surface area contributed by atoms with E-state index in [4.69, 9.17) is 11.6 Å². The van der Waals surface area contributed by atoms with E-state index in [9.17, 15) is 9.50 Å². The molecule has 0 aliphatic carbocycles. The van der Waals surface area contributed by atoms with Gasteiger partial charge in [-0.15, -0.1) is 11.8 Å². The summed E-state index contributed by atoms with van der Waals surface area (Å²) in [5, 5.41) is 9.44. The van der Waals surface area contributed by atoms with Crippen LogP contribution in [-0.4, -0.2) is 5.11 Å². The molecule has 4 heteroatoms. The highest BCUT2D eigenvalue weighted by molar-refractivity contribution is 7.98. The number of hydrogen-bond acceptors (Lipinski definition) is 2. The molecule has 88 valence electrons. The van der Waals surface area contributed by atoms with Gasteiger partial charge in [-0.25, -0.2) is 4.39 Å². The summed E-state index contributed by atoms with van der Waals surface area (Å²) in [5.74, 6) is 0.468. The van der Waals surface area contributed by atoms with Gasteiger partial charge in [0.25, 0.3) is 0 Å². The summed E-state index contributed by atoms with van der Waals surface area (Å²) in [7, 11) is 0. The minimum atomic E-state index is -0.402. The minimum absolute atomic E-state index is 0.135. The first-order chi connectivity index (χ1) is 8.15. The zero-order valence-electron chi connectivity index (χ0n) is 8.86. The van der Waals surface area contributed by atoms with Crippen LogP contribution < -0.4 is 0 Å². The molecule has 0 aliphatic heterocycles. The molecule has 0 radical (unpaired) electrons. The van der Waals surface area contributed by atoms with Gasteiger partial charge in [-0.1, -0.05) is 23.7 Å². The van der Waals surface area contributed by atoms with Gasteiger partial charge < -0.3 is 5.11 Å². The summed E-state index contributed by atoms with van der Waals surface area (Å²) >= 11 is 7.14. The molecule has 0 amide bonds. The summed E-state index contributed by atoms with van der Waals surface area (Å²) in [6.07, 6.45) is 0. The van der Waals surface area contributed by atoms with Gasteiger partial charge in [0.05, 0.1) is 5.02 Å². The van der Waals surface area contributed by atoms with Crippen LogP contribution in [0.3, 0.4) is 0 Å². The van der Waals surface area contributed by atoms with Crippen LogP contribution in [0.2, 0.25) is 5.02 Å². The Bertz CT molecular complexity index is 531. The van der Waals surface area contributed by atoms with Crippen LogP contribution in [0, 0.1) is 5.82 Å². The van der Waals surface area contributed by atoms with Gasteiger partial charge in [-0.3, -0.25) is 0 Å². The molecule has 1 nitrogen and oxygen atoms in total. The van der Waals surface area contributed by atoms with E-state index in [1.54, 1.807) is 30.3 Å². The Morgan fingerprint density at radius 1 is 1.18 bits per heavy atom. The van der Waals surface area contributed by atoms with Crippen molar-refractivity contribution >= 4 is 23.4 Å². The summed E-state index contributed by atoms with van der Waals surface area (Å²) in [6.45, 7) is 0. The number of phenols is 1. The van der Waals surface area contributed by atoms with Gasteiger partial charge in [0.15, 0.2) is 0 Å². The Kier molecular flexibility index (Phi) is 3.92. The van der Waals surface area contributed by atoms with Crippen LogP contribution in [0.25, 0.3) is 0 Å². The zero-order chi connectivity index (χ0) is 12.3. The highest BCUT2D eigenvalue weighted by atomic mass is 35.5. The maximum atomic E-state index is 13.2. The number of thioether (sulfide) groups is 1. The van der Waals surface area contributed by atoms with Crippen LogP contribution in [0.5, 0.6) is 5.75 Å². The van der Waals surface area contributed by atoms with Gasteiger partial charge in [-0.2, -0.15) is 0 Å². The Balaban J connectivity index is 2.05. The second-order valence-electron chi connectivity index (χ2n) is 3.53. The predicted octanol–water partition coefficient (Wildman–Crippen LogP) is 4.48. The monoisotopic (exact) mass is 268 g/mol. The van der Waals surface area contributed by atoms with Crippen molar-refractivity contribution in [3.05, 3.63) is 58.9 Å². The van der Waals surface area contributed by atoms with E-state index >= 15 is 0 Å². The van der Waals surface area contributed by atoms with Crippen molar-refractivity contribution in [3.8, 4) is 5.75 Å². The molecule has 0 saturated carbocycles. The standard InChI is InChI=1S/C13H10ClFOS/c14-12-5-4-9(6-13(12)15)8-17-11-3-1-2-10(16)7-11/h1-7,16H,8H2. The smallest absolute Gasteiger partial charge is 0.142 e. The molecule has 0 unspecified atom stereocenters. The van der Waals surface area contributed by atoms with Crippen molar-refractivity contribution in [1.29, 1.82) is 0 Å². The van der Waals surface area contributed by atoms with E-state index in [2.05, 4.69) is 0 Å². The van der Waals surface area contributed by atoms with Crippen molar-refractivity contribution in [2.45, 2.75) is 10.6 Å². The molecule has 17 heavy (non-hydrogen) atoms. The highest BCUT2D eigenvalue weighted by Crippen LogP contribution is 2.26. The zero-order valence-corrected chi connectivity index (χ0v) is 10.4. The fourth-order valence-corrected chi connectivity index (χ4v) is 2.38. The SMILES string of the molecule is Oc1cccc(SCc2ccc(Cl)c(F)c2)c1. The molecule has 0 atom stereocenters. The fraction of sp³-hybridized carbons (Fsp3) is 0.0769. The first-order valence-electron chi connectivity index (χ1n) is 5.01. The van der Waals surface area contributed by atoms with E-state index in [1.807, 2.05) is 6.07 Å². The molecule has 2 aromatic carbocycles. The lowest BCUT2D eigenvalue weighted by molar-refractivity contribution is 0.474. The lowest BCUT2D eigenvalue weighted by Gasteiger charge is -2.03. The maximum absolute atomic E-state index is 13.2. The largest absolute Gasteiger partial charge is 0.508 e. The summed E-state index contributed by atoms with van der Waals surface area (Å²) in [4.78, 5) is 0.945. The summed E-state index contributed by atoms with van der Waals surface area (Å²) < 4.78 is 13.2. The number of phenolic OH excluding ortho intramolecular Hbond substituents is 1. The van der Waals surface area contributed by atoms with E-state index in [-0.39, 0.29) is 10.8 Å². The molecule has 2 rings (SSSR count). The molecule has 0 aromatic heterocycles. The van der Waals surface area contributed by atoms with Crippen molar-refractivity contribution in [1.82, 2.24) is 0 Å². The molecular weight excluding hydrogens is 259 g/mol. The Labute approximate surface area is 108 Å². The number of halogens is 2. The van der Waals surface area contributed by atoms with Crippen LogP contribution in [-0.2, 0) is 5.75 Å². The van der Waals surface area contributed by atoms with E-state index in [1.165, 1.54) is 17.8 Å². The van der Waals surface area contributed by atoms with Gasteiger partial charge in [0.1, 0.15) is 11.6 Å². The van der Waals surface area contributed by atoms with Crippen LogP contribution in [0.1, 0.15) is 5.56 Å². The maximum Gasteiger partial charge on any atom is 0.142 e. The molecule has 0 saturated heterocycles. The first kappa shape index (κ1) is 12.3. The third-order valence-corrected chi connectivity index (χ3v) is 3.58. The second-order valence-corrected chi connectivity index (χ2v) is 4.99. The minimum Gasteiger partial charge on any atom is -0.508 e. The number of benzene rings is 2. The van der Waals surface area contributed by atoms with Crippen molar-refractivity contribution in [2.24, 2.45) is 0 Å². The van der Waals surface area contributed by atoms with Crippen molar-refractivity contribution < 1.29 is 9.50 Å². The Morgan fingerprint density at radius 3 is 2.71 bits per heavy atom. The van der Waals surface area contributed by atoms with Gasteiger partial charge in [-0.05, 0) is 35.9 Å². The summed E-state index contributed by atoms with van der Waals surface area (Å²) in [5.41, 5.74) is 0.861. The van der Waals surface area contributed by atoms with Gasteiger partial charge >= 0.3 is 0 Å². The third kappa shape index (κ3) is 3.38. The molecule has 0 aliphatic rings. The van der Waals surface area contributed by atoms with Gasteiger partial charge in [0, 0.05) is 10.6 Å². The predicted molar refractivity (Wildman–Crippen MR) is 69.1 cm³/mol. The average Bonchev–Trinajstić information content (AvgIpc) is 2.31. The lowest BCUT2D eigenvalue weighted by Crippen LogP contribution is -1.84. The number of aromatic hydroxyl groups is 1. The van der Waals surface area contributed by atoms with Gasteiger partial charge in [0.2, 0.25) is 0 Å². The fourth-order valence-electron chi connectivity index (χ4n) is 1.37. The van der Waals surface area contributed by atoms with Crippen molar-refractivity contribution in [2.75, 3.05) is 0 Å². The first-order valence-corrected chi connectivity index (χ1v) is 6.37. The molecule has 0 bridgehead atoms. The molecule has 2 aromatic rings. The molecule has 0 spiro atoms. The molecule has 0 fully saturated rings. The van der Waals surface area contributed by atoms with E-state index in [0.29, 0.717) is 5.75 Å². The molecule has 1 N–H and O–H groups in total. The summed E-state index contributed by atoms with van der Waals surface area (Å²) in [6, 6.07) is 11.7. The molecular formula is C13H10ClFOS. The van der Waals surface area contributed by atoms with Crippen LogP contribution in [0.4, 0.5) is 4.39 Å². The van der Waals surface area contributed by atoms with Crippen molar-refractivity contribution in [3.63, 3.8) is 0 Å². The topological polar surface area (TPSA) is 20.2 Å². The number of hydrogen-bond donors (Lipinski definition) is 1. The van der Waals surface area contributed by atoms with E-state index < -0.39 is 5.82 Å². The number of rotatable bonds is 3. The average molecular weight is 269 g/mol. The van der Waals surface area contributed by atoms with Crippen LogP contribution >= 0.6 is 23.4 Å². The third-order valence-electron chi connectivity index (χ3n) is 2.21. The molecule has 0 heterocycles. The second kappa shape index (κ2) is 5.43. The Morgan fingerprint density at radius 2 is 2.00 bits per heavy atom. The normalized spacial score (nSPS) is 10.5. The quantitative estimate of drug-likeness (QED) is 0.829. The van der Waals surface area contributed by atoms with E-state index in [0.717, 1.165) is 10.5 Å². The highest BCUT2D eigenvalue weighted by Gasteiger charge is 2.02. The lowest BCUT2D eigenvalue weighted by atomic mass is 10.2. The van der Waals surface area contributed by atoms with Crippen LogP contribution in [0.15, 0.2) is 47.4 Å². The Hall–Kier alpha value is -1.19.